The lowest BCUT2D eigenvalue weighted by Gasteiger charge is -2.09. The van der Waals surface area contributed by atoms with E-state index in [1.807, 2.05) is 30.3 Å². The van der Waals surface area contributed by atoms with Crippen molar-refractivity contribution in [1.82, 2.24) is 4.98 Å². The number of aromatic nitrogens is 1. The zero-order valence-electron chi connectivity index (χ0n) is 13.9. The zero-order valence-corrected chi connectivity index (χ0v) is 14.7. The third-order valence-corrected chi connectivity index (χ3v) is 3.97. The number of nitrogens with zero attached hydrogens (tertiary/aromatic N) is 1. The van der Waals surface area contributed by atoms with E-state index in [0.29, 0.717) is 5.76 Å². The van der Waals surface area contributed by atoms with Gasteiger partial charge in [0.25, 0.3) is 0 Å². The molecule has 0 fully saturated rings. The van der Waals surface area contributed by atoms with Crippen LogP contribution in [0, 0.1) is 0 Å². The molecule has 0 saturated heterocycles. The van der Waals surface area contributed by atoms with Crippen LogP contribution in [0.3, 0.4) is 0 Å². The maximum atomic E-state index is 12.3. The lowest BCUT2D eigenvalue weighted by atomic mass is 10.2. The van der Waals surface area contributed by atoms with Crippen molar-refractivity contribution < 1.29 is 22.4 Å². The standard InChI is InChI=1S/C18H16N2O5S/c1-26(22,23)20-15-10-6-5-9-14(15)18(21)24-12-17-19-11-16(25-17)13-7-3-2-4-8-13/h2-11,20H,12H2,1H3. The highest BCUT2D eigenvalue weighted by molar-refractivity contribution is 7.92. The Morgan fingerprint density at radius 3 is 2.54 bits per heavy atom. The van der Waals surface area contributed by atoms with Gasteiger partial charge in [-0.05, 0) is 12.1 Å². The number of anilines is 1. The second kappa shape index (κ2) is 7.40. The summed E-state index contributed by atoms with van der Waals surface area (Å²) in [5.74, 6) is 0.123. The quantitative estimate of drug-likeness (QED) is 0.668. The summed E-state index contributed by atoms with van der Waals surface area (Å²) >= 11 is 0. The molecule has 0 unspecified atom stereocenters. The molecule has 0 aliphatic rings. The van der Waals surface area contributed by atoms with Gasteiger partial charge in [0.05, 0.1) is 23.7 Å². The van der Waals surface area contributed by atoms with Crippen molar-refractivity contribution in [3.05, 3.63) is 72.2 Å². The fraction of sp³-hybridized carbons (Fsp3) is 0.111. The molecule has 0 aliphatic carbocycles. The lowest BCUT2D eigenvalue weighted by Crippen LogP contribution is -2.14. The van der Waals surface area contributed by atoms with Gasteiger partial charge in [-0.1, -0.05) is 42.5 Å². The van der Waals surface area contributed by atoms with E-state index in [4.69, 9.17) is 9.15 Å². The fourth-order valence-electron chi connectivity index (χ4n) is 2.27. The molecule has 7 nitrogen and oxygen atoms in total. The van der Waals surface area contributed by atoms with Crippen molar-refractivity contribution >= 4 is 21.7 Å². The molecule has 0 atom stereocenters. The summed E-state index contributed by atoms with van der Waals surface area (Å²) in [6, 6.07) is 15.6. The summed E-state index contributed by atoms with van der Waals surface area (Å²) in [4.78, 5) is 16.4. The Balaban J connectivity index is 1.69. The van der Waals surface area contributed by atoms with Gasteiger partial charge in [-0.25, -0.2) is 18.2 Å². The summed E-state index contributed by atoms with van der Waals surface area (Å²) in [6.45, 7) is -0.168. The molecular weight excluding hydrogens is 356 g/mol. The van der Waals surface area contributed by atoms with Crippen LogP contribution in [-0.4, -0.2) is 25.6 Å². The van der Waals surface area contributed by atoms with Crippen LogP contribution in [0.15, 0.2) is 65.2 Å². The number of esters is 1. The van der Waals surface area contributed by atoms with Crippen molar-refractivity contribution in [3.8, 4) is 11.3 Å². The second-order valence-corrected chi connectivity index (χ2v) is 7.23. The van der Waals surface area contributed by atoms with Gasteiger partial charge in [0, 0.05) is 5.56 Å². The summed E-state index contributed by atoms with van der Waals surface area (Å²) in [5, 5.41) is 0. The first kappa shape index (κ1) is 17.7. The third kappa shape index (κ3) is 4.48. The fourth-order valence-corrected chi connectivity index (χ4v) is 2.85. The number of para-hydroxylation sites is 1. The van der Waals surface area contributed by atoms with Crippen molar-refractivity contribution in [1.29, 1.82) is 0 Å². The van der Waals surface area contributed by atoms with E-state index in [9.17, 15) is 13.2 Å². The Bertz CT molecular complexity index is 1010. The average molecular weight is 372 g/mol. The molecule has 134 valence electrons. The molecule has 0 radical (unpaired) electrons. The third-order valence-electron chi connectivity index (χ3n) is 3.38. The summed E-state index contributed by atoms with van der Waals surface area (Å²) in [7, 11) is -3.52. The van der Waals surface area contributed by atoms with Crippen LogP contribution in [0.1, 0.15) is 16.2 Å². The van der Waals surface area contributed by atoms with E-state index >= 15 is 0 Å². The van der Waals surface area contributed by atoms with Crippen LogP contribution >= 0.6 is 0 Å². The number of oxazole rings is 1. The van der Waals surface area contributed by atoms with Crippen LogP contribution in [0.25, 0.3) is 11.3 Å². The first-order valence-corrected chi connectivity index (χ1v) is 9.55. The first-order valence-electron chi connectivity index (χ1n) is 7.66. The number of hydrogen-bond acceptors (Lipinski definition) is 6. The van der Waals surface area contributed by atoms with E-state index in [2.05, 4.69) is 9.71 Å². The number of benzene rings is 2. The molecule has 3 rings (SSSR count). The molecule has 1 aromatic heterocycles. The lowest BCUT2D eigenvalue weighted by molar-refractivity contribution is 0.0440. The van der Waals surface area contributed by atoms with E-state index < -0.39 is 16.0 Å². The highest BCUT2D eigenvalue weighted by atomic mass is 32.2. The highest BCUT2D eigenvalue weighted by Gasteiger charge is 2.16. The van der Waals surface area contributed by atoms with Gasteiger partial charge in [-0.3, -0.25) is 4.72 Å². The Morgan fingerprint density at radius 2 is 1.81 bits per heavy atom. The number of rotatable bonds is 6. The second-order valence-electron chi connectivity index (χ2n) is 5.48. The normalized spacial score (nSPS) is 11.1. The van der Waals surface area contributed by atoms with Crippen molar-refractivity contribution in [2.45, 2.75) is 6.61 Å². The number of carbonyl (C=O) groups is 1. The smallest absolute Gasteiger partial charge is 0.340 e. The number of nitrogens with one attached hydrogen (secondary N) is 1. The monoisotopic (exact) mass is 372 g/mol. The van der Waals surface area contributed by atoms with Gasteiger partial charge in [0.15, 0.2) is 12.4 Å². The van der Waals surface area contributed by atoms with Crippen LogP contribution in [0.4, 0.5) is 5.69 Å². The Kier molecular flexibility index (Phi) is 5.04. The summed E-state index contributed by atoms with van der Waals surface area (Å²) < 4.78 is 35.9. The molecule has 1 heterocycles. The molecule has 0 aliphatic heterocycles. The van der Waals surface area contributed by atoms with Crippen LogP contribution < -0.4 is 4.72 Å². The van der Waals surface area contributed by atoms with Gasteiger partial charge in [-0.2, -0.15) is 0 Å². The van der Waals surface area contributed by atoms with E-state index in [1.165, 1.54) is 12.1 Å². The summed E-state index contributed by atoms with van der Waals surface area (Å²) in [6.07, 6.45) is 2.56. The zero-order chi connectivity index (χ0) is 18.6. The van der Waals surface area contributed by atoms with E-state index in [-0.39, 0.29) is 23.7 Å². The van der Waals surface area contributed by atoms with Crippen LogP contribution in [-0.2, 0) is 21.4 Å². The van der Waals surface area contributed by atoms with E-state index in [0.717, 1.165) is 11.8 Å². The Morgan fingerprint density at radius 1 is 1.12 bits per heavy atom. The van der Waals surface area contributed by atoms with Gasteiger partial charge in [0.1, 0.15) is 0 Å². The van der Waals surface area contributed by atoms with Crippen LogP contribution in [0.2, 0.25) is 0 Å². The van der Waals surface area contributed by atoms with Crippen molar-refractivity contribution in [2.75, 3.05) is 11.0 Å². The minimum absolute atomic E-state index is 0.104. The van der Waals surface area contributed by atoms with Crippen molar-refractivity contribution in [2.24, 2.45) is 0 Å². The minimum Gasteiger partial charge on any atom is -0.452 e. The largest absolute Gasteiger partial charge is 0.452 e. The van der Waals surface area contributed by atoms with Gasteiger partial charge >= 0.3 is 5.97 Å². The molecule has 0 amide bonds. The predicted octanol–water partition coefficient (Wildman–Crippen LogP) is 3.07. The molecule has 0 spiro atoms. The predicted molar refractivity (Wildman–Crippen MR) is 96.0 cm³/mol. The molecule has 8 heteroatoms. The number of sulfonamides is 1. The topological polar surface area (TPSA) is 98.5 Å². The van der Waals surface area contributed by atoms with Gasteiger partial charge in [0.2, 0.25) is 15.9 Å². The van der Waals surface area contributed by atoms with Gasteiger partial charge < -0.3 is 9.15 Å². The number of hydrogen-bond donors (Lipinski definition) is 1. The molecule has 3 aromatic rings. The molecule has 0 bridgehead atoms. The molecule has 2 aromatic carbocycles. The molecule has 1 N–H and O–H groups in total. The van der Waals surface area contributed by atoms with E-state index in [1.54, 1.807) is 18.3 Å². The molecule has 0 saturated carbocycles. The van der Waals surface area contributed by atoms with Crippen LogP contribution in [0.5, 0.6) is 0 Å². The average Bonchev–Trinajstić information content (AvgIpc) is 3.08. The maximum Gasteiger partial charge on any atom is 0.340 e. The SMILES string of the molecule is CS(=O)(=O)Nc1ccccc1C(=O)OCc1ncc(-c2ccccc2)o1. The number of ether oxygens (including phenoxy) is 1. The Labute approximate surface area is 150 Å². The Hall–Kier alpha value is -3.13. The van der Waals surface area contributed by atoms with Crippen molar-refractivity contribution in [3.63, 3.8) is 0 Å². The number of carbonyl (C=O) groups excluding carboxylic acids is 1. The summed E-state index contributed by atoms with van der Waals surface area (Å²) in [5.41, 5.74) is 1.12. The minimum atomic E-state index is -3.52. The van der Waals surface area contributed by atoms with Gasteiger partial charge in [-0.15, -0.1) is 0 Å². The first-order chi connectivity index (χ1) is 12.4. The maximum absolute atomic E-state index is 12.3. The highest BCUT2D eigenvalue weighted by Crippen LogP contribution is 2.21. The molecule has 26 heavy (non-hydrogen) atoms. The molecular formula is C18H16N2O5S.